The standard InChI is InChI=1S/C12H19NO2/c1-10-3-5-12(6-4-10)15-9-11(2)13-7-8-14/h3-6,11,13-14H,7-9H2,1-2H3. The highest BCUT2D eigenvalue weighted by molar-refractivity contribution is 5.26. The molecule has 0 aliphatic carbocycles. The molecule has 0 radical (unpaired) electrons. The van der Waals surface area contributed by atoms with Crippen molar-refractivity contribution in [2.24, 2.45) is 0 Å². The van der Waals surface area contributed by atoms with Crippen molar-refractivity contribution in [1.82, 2.24) is 5.32 Å². The van der Waals surface area contributed by atoms with Gasteiger partial charge < -0.3 is 15.2 Å². The minimum Gasteiger partial charge on any atom is -0.492 e. The minimum atomic E-state index is 0.162. The van der Waals surface area contributed by atoms with Crippen LogP contribution in [0.3, 0.4) is 0 Å². The Morgan fingerprint density at radius 2 is 2.00 bits per heavy atom. The SMILES string of the molecule is Cc1ccc(OCC(C)NCCO)cc1. The Bertz CT molecular complexity index is 271. The van der Waals surface area contributed by atoms with Crippen LogP contribution >= 0.6 is 0 Å². The van der Waals surface area contributed by atoms with Crippen molar-refractivity contribution < 1.29 is 9.84 Å². The average Bonchev–Trinajstić information content (AvgIpc) is 2.25. The van der Waals surface area contributed by atoms with E-state index in [9.17, 15) is 0 Å². The van der Waals surface area contributed by atoms with Gasteiger partial charge in [0.05, 0.1) is 6.61 Å². The molecule has 0 spiro atoms. The smallest absolute Gasteiger partial charge is 0.119 e. The number of aliphatic hydroxyl groups is 1. The second-order valence-corrected chi connectivity index (χ2v) is 3.70. The maximum Gasteiger partial charge on any atom is 0.119 e. The van der Waals surface area contributed by atoms with Crippen molar-refractivity contribution in [3.8, 4) is 5.75 Å². The third kappa shape index (κ3) is 4.81. The van der Waals surface area contributed by atoms with E-state index < -0.39 is 0 Å². The van der Waals surface area contributed by atoms with Gasteiger partial charge in [-0.1, -0.05) is 17.7 Å². The molecule has 0 heterocycles. The molecule has 0 aromatic heterocycles. The lowest BCUT2D eigenvalue weighted by atomic mass is 10.2. The Hall–Kier alpha value is -1.06. The zero-order chi connectivity index (χ0) is 11.1. The van der Waals surface area contributed by atoms with E-state index in [2.05, 4.69) is 12.2 Å². The summed E-state index contributed by atoms with van der Waals surface area (Å²) in [6, 6.07) is 8.24. The highest BCUT2D eigenvalue weighted by atomic mass is 16.5. The number of benzene rings is 1. The molecule has 3 heteroatoms. The van der Waals surface area contributed by atoms with Gasteiger partial charge in [-0.15, -0.1) is 0 Å². The third-order valence-electron chi connectivity index (χ3n) is 2.13. The molecule has 0 bridgehead atoms. The van der Waals surface area contributed by atoms with Crippen LogP contribution in [0.5, 0.6) is 5.75 Å². The van der Waals surface area contributed by atoms with Gasteiger partial charge in [0.2, 0.25) is 0 Å². The van der Waals surface area contributed by atoms with Crippen molar-refractivity contribution in [2.75, 3.05) is 19.8 Å². The van der Waals surface area contributed by atoms with Gasteiger partial charge in [0.1, 0.15) is 12.4 Å². The Morgan fingerprint density at radius 1 is 1.33 bits per heavy atom. The number of hydrogen-bond donors (Lipinski definition) is 2. The molecule has 1 rings (SSSR count). The summed E-state index contributed by atoms with van der Waals surface area (Å²) in [6.45, 7) is 5.47. The van der Waals surface area contributed by atoms with Gasteiger partial charge in [-0.3, -0.25) is 0 Å². The van der Waals surface area contributed by atoms with E-state index in [4.69, 9.17) is 9.84 Å². The Labute approximate surface area is 91.1 Å². The number of aliphatic hydroxyl groups excluding tert-OH is 1. The molecular formula is C12H19NO2. The average molecular weight is 209 g/mol. The molecule has 0 aliphatic rings. The zero-order valence-corrected chi connectivity index (χ0v) is 9.36. The molecular weight excluding hydrogens is 190 g/mol. The van der Waals surface area contributed by atoms with Crippen molar-refractivity contribution in [2.45, 2.75) is 19.9 Å². The van der Waals surface area contributed by atoms with Crippen molar-refractivity contribution in [1.29, 1.82) is 0 Å². The number of nitrogens with one attached hydrogen (secondary N) is 1. The van der Waals surface area contributed by atoms with Crippen LogP contribution in [0, 0.1) is 6.92 Å². The van der Waals surface area contributed by atoms with Crippen LogP contribution in [-0.4, -0.2) is 30.9 Å². The van der Waals surface area contributed by atoms with Gasteiger partial charge >= 0.3 is 0 Å². The van der Waals surface area contributed by atoms with E-state index in [0.717, 1.165) is 5.75 Å². The quantitative estimate of drug-likeness (QED) is 0.743. The van der Waals surface area contributed by atoms with Crippen LogP contribution in [-0.2, 0) is 0 Å². The minimum absolute atomic E-state index is 0.162. The molecule has 0 aliphatic heterocycles. The van der Waals surface area contributed by atoms with E-state index in [1.807, 2.05) is 31.2 Å². The predicted molar refractivity (Wildman–Crippen MR) is 61.2 cm³/mol. The van der Waals surface area contributed by atoms with E-state index in [1.165, 1.54) is 5.56 Å². The fraction of sp³-hybridized carbons (Fsp3) is 0.500. The Kier molecular flexibility index (Phi) is 5.15. The maximum atomic E-state index is 8.63. The van der Waals surface area contributed by atoms with Crippen molar-refractivity contribution in [3.63, 3.8) is 0 Å². The topological polar surface area (TPSA) is 41.5 Å². The van der Waals surface area contributed by atoms with E-state index >= 15 is 0 Å². The fourth-order valence-electron chi connectivity index (χ4n) is 1.23. The summed E-state index contributed by atoms with van der Waals surface area (Å²) in [6.07, 6.45) is 0. The molecule has 2 N–H and O–H groups in total. The summed E-state index contributed by atoms with van der Waals surface area (Å²) in [5.41, 5.74) is 1.23. The monoisotopic (exact) mass is 209 g/mol. The summed E-state index contributed by atoms with van der Waals surface area (Å²) < 4.78 is 5.58. The lowest BCUT2D eigenvalue weighted by molar-refractivity contribution is 0.248. The second-order valence-electron chi connectivity index (χ2n) is 3.70. The first-order valence-electron chi connectivity index (χ1n) is 5.26. The molecule has 1 aromatic carbocycles. The van der Waals surface area contributed by atoms with Gasteiger partial charge in [-0.2, -0.15) is 0 Å². The summed E-state index contributed by atoms with van der Waals surface area (Å²) in [4.78, 5) is 0. The first kappa shape index (κ1) is 12.0. The van der Waals surface area contributed by atoms with Gasteiger partial charge in [0.25, 0.3) is 0 Å². The van der Waals surface area contributed by atoms with Gasteiger partial charge in [0.15, 0.2) is 0 Å². The molecule has 1 atom stereocenters. The number of hydrogen-bond acceptors (Lipinski definition) is 3. The maximum absolute atomic E-state index is 8.63. The van der Waals surface area contributed by atoms with Gasteiger partial charge in [-0.25, -0.2) is 0 Å². The van der Waals surface area contributed by atoms with Crippen LogP contribution in [0.15, 0.2) is 24.3 Å². The van der Waals surface area contributed by atoms with Crippen LogP contribution in [0.1, 0.15) is 12.5 Å². The van der Waals surface area contributed by atoms with Crippen LogP contribution in [0.4, 0.5) is 0 Å². The molecule has 0 fully saturated rings. The summed E-state index contributed by atoms with van der Waals surface area (Å²) in [5, 5.41) is 11.8. The van der Waals surface area contributed by atoms with Gasteiger partial charge in [-0.05, 0) is 26.0 Å². The van der Waals surface area contributed by atoms with E-state index in [1.54, 1.807) is 0 Å². The second kappa shape index (κ2) is 6.43. The number of rotatable bonds is 6. The molecule has 3 nitrogen and oxygen atoms in total. The normalized spacial score (nSPS) is 12.5. The van der Waals surface area contributed by atoms with Gasteiger partial charge in [0, 0.05) is 12.6 Å². The molecule has 84 valence electrons. The highest BCUT2D eigenvalue weighted by Gasteiger charge is 2.01. The molecule has 0 amide bonds. The highest BCUT2D eigenvalue weighted by Crippen LogP contribution is 2.11. The van der Waals surface area contributed by atoms with E-state index in [0.29, 0.717) is 13.2 Å². The Balaban J connectivity index is 2.27. The molecule has 1 aromatic rings. The summed E-state index contributed by atoms with van der Waals surface area (Å²) >= 11 is 0. The molecule has 1 unspecified atom stereocenters. The first-order chi connectivity index (χ1) is 7.22. The van der Waals surface area contributed by atoms with Crippen molar-refractivity contribution in [3.05, 3.63) is 29.8 Å². The first-order valence-corrected chi connectivity index (χ1v) is 5.26. The number of ether oxygens (including phenoxy) is 1. The lowest BCUT2D eigenvalue weighted by Crippen LogP contribution is -2.33. The van der Waals surface area contributed by atoms with Crippen LogP contribution < -0.4 is 10.1 Å². The van der Waals surface area contributed by atoms with Crippen molar-refractivity contribution >= 4 is 0 Å². The number of aryl methyl sites for hydroxylation is 1. The van der Waals surface area contributed by atoms with Crippen LogP contribution in [0.2, 0.25) is 0 Å². The molecule has 0 saturated heterocycles. The summed E-state index contributed by atoms with van der Waals surface area (Å²) in [5.74, 6) is 0.887. The largest absolute Gasteiger partial charge is 0.492 e. The van der Waals surface area contributed by atoms with Crippen LogP contribution in [0.25, 0.3) is 0 Å². The predicted octanol–water partition coefficient (Wildman–Crippen LogP) is 1.34. The molecule has 0 saturated carbocycles. The van der Waals surface area contributed by atoms with E-state index in [-0.39, 0.29) is 12.6 Å². The Morgan fingerprint density at radius 3 is 2.60 bits per heavy atom. The summed E-state index contributed by atoms with van der Waals surface area (Å²) in [7, 11) is 0. The third-order valence-corrected chi connectivity index (χ3v) is 2.13. The fourth-order valence-corrected chi connectivity index (χ4v) is 1.23. The lowest BCUT2D eigenvalue weighted by Gasteiger charge is -2.14. The molecule has 15 heavy (non-hydrogen) atoms. The zero-order valence-electron chi connectivity index (χ0n) is 9.36.